The molecule has 196 valence electrons. The van der Waals surface area contributed by atoms with E-state index in [-0.39, 0.29) is 11.3 Å². The molecule has 0 unspecified atom stereocenters. The van der Waals surface area contributed by atoms with E-state index in [0.717, 1.165) is 50.2 Å². The van der Waals surface area contributed by atoms with Crippen molar-refractivity contribution in [1.29, 1.82) is 0 Å². The summed E-state index contributed by atoms with van der Waals surface area (Å²) in [5, 5.41) is 13.9. The number of hydrogen-bond donors (Lipinski definition) is 4. The summed E-state index contributed by atoms with van der Waals surface area (Å²) in [7, 11) is 0. The van der Waals surface area contributed by atoms with Crippen LogP contribution in [0.15, 0.2) is 54.6 Å². The van der Waals surface area contributed by atoms with Gasteiger partial charge in [0.25, 0.3) is 11.8 Å². The second-order valence-corrected chi connectivity index (χ2v) is 9.69. The van der Waals surface area contributed by atoms with Gasteiger partial charge in [-0.2, -0.15) is 0 Å². The lowest BCUT2D eigenvalue weighted by molar-refractivity contribution is 0.0706. The molecule has 0 bridgehead atoms. The Labute approximate surface area is 226 Å². The zero-order chi connectivity index (χ0) is 26.8. The van der Waals surface area contributed by atoms with Crippen LogP contribution in [0.1, 0.15) is 58.4 Å². The molecular formula is C27H27F3IN3O3. The van der Waals surface area contributed by atoms with Crippen LogP contribution >= 0.6 is 22.6 Å². The molecular weight excluding hydrogens is 598 g/mol. The van der Waals surface area contributed by atoms with Gasteiger partial charge in [-0.05, 0) is 89.9 Å². The lowest BCUT2D eigenvalue weighted by Crippen LogP contribution is -2.25. The normalized spacial score (nSPS) is 10.7. The third-order valence-electron chi connectivity index (χ3n) is 5.78. The van der Waals surface area contributed by atoms with Crippen LogP contribution in [-0.4, -0.2) is 23.6 Å². The average Bonchev–Trinajstić information content (AvgIpc) is 2.89. The van der Waals surface area contributed by atoms with Crippen LogP contribution in [0.2, 0.25) is 0 Å². The molecule has 0 spiro atoms. The first-order valence-electron chi connectivity index (χ1n) is 11.8. The molecule has 0 heterocycles. The van der Waals surface area contributed by atoms with Gasteiger partial charge in [-0.15, -0.1) is 0 Å². The number of amides is 2. The van der Waals surface area contributed by atoms with Crippen molar-refractivity contribution in [3.8, 4) is 0 Å². The lowest BCUT2D eigenvalue weighted by Gasteiger charge is -2.14. The SMILES string of the molecule is O=C(NO)c1ccc(CCCCCCCNC(=O)c2ccc(F)c(F)c2Nc2ccc(I)cc2F)cc1. The first-order valence-corrected chi connectivity index (χ1v) is 12.9. The van der Waals surface area contributed by atoms with E-state index in [9.17, 15) is 22.8 Å². The molecule has 10 heteroatoms. The molecule has 0 aromatic heterocycles. The van der Waals surface area contributed by atoms with E-state index in [0.29, 0.717) is 15.7 Å². The molecule has 0 fully saturated rings. The summed E-state index contributed by atoms with van der Waals surface area (Å²) in [6.45, 7) is 0.365. The monoisotopic (exact) mass is 625 g/mol. The van der Waals surface area contributed by atoms with E-state index in [1.807, 2.05) is 34.7 Å². The number of anilines is 2. The summed E-state index contributed by atoms with van der Waals surface area (Å²) in [6, 6.07) is 13.3. The van der Waals surface area contributed by atoms with E-state index in [2.05, 4.69) is 10.6 Å². The summed E-state index contributed by atoms with van der Waals surface area (Å²) >= 11 is 1.93. The number of halogens is 4. The quantitative estimate of drug-likeness (QED) is 0.0802. The number of carbonyl (C=O) groups is 2. The highest BCUT2D eigenvalue weighted by Gasteiger charge is 2.20. The first-order chi connectivity index (χ1) is 17.8. The number of benzene rings is 3. The van der Waals surface area contributed by atoms with Gasteiger partial charge in [-0.25, -0.2) is 18.7 Å². The highest BCUT2D eigenvalue weighted by molar-refractivity contribution is 14.1. The summed E-state index contributed by atoms with van der Waals surface area (Å²) in [6.07, 6.45) is 5.39. The van der Waals surface area contributed by atoms with Gasteiger partial charge < -0.3 is 10.6 Å². The van der Waals surface area contributed by atoms with Gasteiger partial charge in [0.1, 0.15) is 5.82 Å². The van der Waals surface area contributed by atoms with Crippen molar-refractivity contribution >= 4 is 45.8 Å². The molecule has 6 nitrogen and oxygen atoms in total. The van der Waals surface area contributed by atoms with Gasteiger partial charge in [-0.1, -0.05) is 31.4 Å². The Bertz CT molecular complexity index is 1240. The van der Waals surface area contributed by atoms with Crippen LogP contribution in [0.3, 0.4) is 0 Å². The number of nitrogens with one attached hydrogen (secondary N) is 3. The van der Waals surface area contributed by atoms with E-state index < -0.39 is 35.0 Å². The first kappa shape index (κ1) is 28.5. The van der Waals surface area contributed by atoms with Crippen molar-refractivity contribution in [2.45, 2.75) is 38.5 Å². The molecule has 0 saturated heterocycles. The van der Waals surface area contributed by atoms with E-state index in [1.54, 1.807) is 23.7 Å². The van der Waals surface area contributed by atoms with Crippen LogP contribution in [0.25, 0.3) is 0 Å². The Morgan fingerprint density at radius 3 is 2.22 bits per heavy atom. The second-order valence-electron chi connectivity index (χ2n) is 8.44. The van der Waals surface area contributed by atoms with E-state index in [1.165, 1.54) is 18.2 Å². The molecule has 0 aliphatic carbocycles. The number of hydroxylamine groups is 1. The molecule has 37 heavy (non-hydrogen) atoms. The number of aryl methyl sites for hydroxylation is 1. The summed E-state index contributed by atoms with van der Waals surface area (Å²) < 4.78 is 43.2. The molecule has 0 aliphatic heterocycles. The van der Waals surface area contributed by atoms with E-state index >= 15 is 0 Å². The summed E-state index contributed by atoms with van der Waals surface area (Å²) in [5.41, 5.74) is 2.50. The minimum Gasteiger partial charge on any atom is -0.352 e. The van der Waals surface area contributed by atoms with Crippen molar-refractivity contribution in [2.75, 3.05) is 11.9 Å². The maximum Gasteiger partial charge on any atom is 0.274 e. The average molecular weight is 625 g/mol. The minimum absolute atomic E-state index is 0.0643. The highest BCUT2D eigenvalue weighted by atomic mass is 127. The van der Waals surface area contributed by atoms with Crippen LogP contribution in [-0.2, 0) is 6.42 Å². The maximum atomic E-state index is 14.5. The van der Waals surface area contributed by atoms with Gasteiger partial charge in [-0.3, -0.25) is 14.8 Å². The molecule has 0 atom stereocenters. The number of carbonyl (C=O) groups excluding carboxylic acids is 2. The molecule has 4 N–H and O–H groups in total. The van der Waals surface area contributed by atoms with Crippen molar-refractivity contribution in [3.63, 3.8) is 0 Å². The van der Waals surface area contributed by atoms with Crippen molar-refractivity contribution in [1.82, 2.24) is 10.8 Å². The molecule has 3 rings (SSSR count). The molecule has 0 aliphatic rings. The summed E-state index contributed by atoms with van der Waals surface area (Å²) in [4.78, 5) is 24.0. The van der Waals surface area contributed by atoms with Gasteiger partial charge >= 0.3 is 0 Å². The maximum absolute atomic E-state index is 14.5. The van der Waals surface area contributed by atoms with Crippen LogP contribution in [0.4, 0.5) is 24.5 Å². The third kappa shape index (κ3) is 8.19. The number of hydrogen-bond acceptors (Lipinski definition) is 4. The summed E-state index contributed by atoms with van der Waals surface area (Å²) in [5.74, 6) is -4.16. The van der Waals surface area contributed by atoms with Crippen LogP contribution < -0.4 is 16.1 Å². The highest BCUT2D eigenvalue weighted by Crippen LogP contribution is 2.28. The second kappa shape index (κ2) is 14.0. The van der Waals surface area contributed by atoms with Crippen molar-refractivity contribution in [2.24, 2.45) is 0 Å². The topological polar surface area (TPSA) is 90.5 Å². The fraction of sp³-hybridized carbons (Fsp3) is 0.259. The van der Waals surface area contributed by atoms with Gasteiger partial charge in [0.2, 0.25) is 0 Å². The molecule has 3 aromatic carbocycles. The molecule has 3 aromatic rings. The lowest BCUT2D eigenvalue weighted by atomic mass is 10.0. The number of rotatable bonds is 12. The minimum atomic E-state index is -1.25. The predicted octanol–water partition coefficient (Wildman–Crippen LogP) is 6.49. The Morgan fingerprint density at radius 1 is 0.811 bits per heavy atom. The molecule has 0 saturated carbocycles. The zero-order valence-electron chi connectivity index (χ0n) is 19.9. The fourth-order valence-corrected chi connectivity index (χ4v) is 4.21. The molecule has 2 amide bonds. The zero-order valence-corrected chi connectivity index (χ0v) is 22.1. The Hall–Kier alpha value is -3.12. The van der Waals surface area contributed by atoms with E-state index in [4.69, 9.17) is 5.21 Å². The largest absolute Gasteiger partial charge is 0.352 e. The Balaban J connectivity index is 1.43. The standard InChI is InChI=1S/C27H27F3IN3O3/c28-21-13-12-20(25(24(21)30)33-23-14-11-19(31)16-22(23)29)27(36)32-15-5-3-1-2-4-6-17-7-9-18(10-8-17)26(35)34-37/h7-14,16,33,37H,1-6,15H2,(H,32,36)(H,34,35). The molecule has 0 radical (unpaired) electrons. The van der Waals surface area contributed by atoms with Crippen LogP contribution in [0, 0.1) is 21.0 Å². The smallest absolute Gasteiger partial charge is 0.274 e. The Kier molecular flexibility index (Phi) is 10.8. The van der Waals surface area contributed by atoms with Gasteiger partial charge in [0, 0.05) is 15.7 Å². The Morgan fingerprint density at radius 2 is 1.51 bits per heavy atom. The number of unbranched alkanes of at least 4 members (excludes halogenated alkanes) is 4. The van der Waals surface area contributed by atoms with Gasteiger partial charge in [0.15, 0.2) is 11.6 Å². The fourth-order valence-electron chi connectivity index (χ4n) is 3.76. The van der Waals surface area contributed by atoms with Crippen LogP contribution in [0.5, 0.6) is 0 Å². The third-order valence-corrected chi connectivity index (χ3v) is 6.45. The van der Waals surface area contributed by atoms with Crippen molar-refractivity contribution in [3.05, 3.63) is 92.3 Å². The van der Waals surface area contributed by atoms with Crippen molar-refractivity contribution < 1.29 is 28.0 Å². The van der Waals surface area contributed by atoms with Gasteiger partial charge in [0.05, 0.1) is 16.9 Å². The predicted molar refractivity (Wildman–Crippen MR) is 144 cm³/mol.